The molecule has 1 heterocycles. The molecule has 0 bridgehead atoms. The summed E-state index contributed by atoms with van der Waals surface area (Å²) < 4.78 is 0. The van der Waals surface area contributed by atoms with Crippen LogP contribution in [-0.2, 0) is 4.79 Å². The lowest BCUT2D eigenvalue weighted by atomic mass is 10.00. The number of carbonyl (C=O) groups is 1. The van der Waals surface area contributed by atoms with Crippen LogP contribution >= 0.6 is 0 Å². The minimum Gasteiger partial charge on any atom is -0.356 e. The number of hydrogen-bond donors (Lipinski definition) is 2. The van der Waals surface area contributed by atoms with Gasteiger partial charge in [0.15, 0.2) is 0 Å². The fraction of sp³-hybridized carbons (Fsp3) is 0.889. The summed E-state index contributed by atoms with van der Waals surface area (Å²) in [4.78, 5) is 10.9. The van der Waals surface area contributed by atoms with Crippen LogP contribution in [0.2, 0.25) is 0 Å². The highest BCUT2D eigenvalue weighted by atomic mass is 16.1. The van der Waals surface area contributed by atoms with Gasteiger partial charge in [0.25, 0.3) is 0 Å². The molecule has 0 saturated carbocycles. The zero-order valence-electron chi connectivity index (χ0n) is 7.73. The van der Waals surface area contributed by atoms with Gasteiger partial charge in [-0.2, -0.15) is 0 Å². The second-order valence-electron chi connectivity index (χ2n) is 3.37. The molecule has 2 N–H and O–H groups in total. The molecule has 0 unspecified atom stereocenters. The van der Waals surface area contributed by atoms with Gasteiger partial charge in [0.05, 0.1) is 0 Å². The van der Waals surface area contributed by atoms with Crippen LogP contribution in [-0.4, -0.2) is 25.5 Å². The highest BCUT2D eigenvalue weighted by Crippen LogP contribution is 2.07. The lowest BCUT2D eigenvalue weighted by Crippen LogP contribution is -2.37. The monoisotopic (exact) mass is 170 g/mol. The van der Waals surface area contributed by atoms with E-state index in [-0.39, 0.29) is 5.91 Å². The Labute approximate surface area is 73.9 Å². The van der Waals surface area contributed by atoms with Gasteiger partial charge in [-0.15, -0.1) is 0 Å². The third-order valence-corrected chi connectivity index (χ3v) is 2.31. The maximum Gasteiger partial charge on any atom is 0.219 e. The molecule has 1 saturated heterocycles. The molecule has 0 aromatic carbocycles. The van der Waals surface area contributed by atoms with E-state index in [1.165, 1.54) is 12.8 Å². The summed E-state index contributed by atoms with van der Waals surface area (Å²) in [6, 6.07) is 0. The van der Waals surface area contributed by atoms with Crippen LogP contribution in [0.5, 0.6) is 0 Å². The van der Waals surface area contributed by atoms with Crippen molar-refractivity contribution >= 4 is 5.91 Å². The van der Waals surface area contributed by atoms with E-state index >= 15 is 0 Å². The Hall–Kier alpha value is -0.570. The number of hydrogen-bond acceptors (Lipinski definition) is 2. The summed E-state index contributed by atoms with van der Waals surface area (Å²) >= 11 is 0. The van der Waals surface area contributed by atoms with Gasteiger partial charge in [-0.3, -0.25) is 4.79 Å². The Morgan fingerprint density at radius 1 is 1.67 bits per heavy atom. The molecule has 70 valence electrons. The smallest absolute Gasteiger partial charge is 0.219 e. The van der Waals surface area contributed by atoms with Gasteiger partial charge in [-0.1, -0.05) is 6.92 Å². The predicted molar refractivity (Wildman–Crippen MR) is 48.9 cm³/mol. The summed E-state index contributed by atoms with van der Waals surface area (Å²) in [6.07, 6.45) is 3.09. The van der Waals surface area contributed by atoms with Crippen molar-refractivity contribution < 1.29 is 4.79 Å². The van der Waals surface area contributed by atoms with Crippen molar-refractivity contribution in [3.8, 4) is 0 Å². The molecule has 1 aliphatic heterocycles. The van der Waals surface area contributed by atoms with E-state index in [2.05, 4.69) is 10.6 Å². The summed E-state index contributed by atoms with van der Waals surface area (Å²) in [6.45, 7) is 4.93. The van der Waals surface area contributed by atoms with Crippen LogP contribution in [0.15, 0.2) is 0 Å². The molecular formula is C9H18N2O. The van der Waals surface area contributed by atoms with Crippen molar-refractivity contribution in [1.29, 1.82) is 0 Å². The van der Waals surface area contributed by atoms with E-state index in [0.29, 0.717) is 12.3 Å². The summed E-state index contributed by atoms with van der Waals surface area (Å²) in [5.74, 6) is 0.815. The van der Waals surface area contributed by atoms with E-state index in [4.69, 9.17) is 0 Å². The van der Waals surface area contributed by atoms with E-state index in [0.717, 1.165) is 19.6 Å². The van der Waals surface area contributed by atoms with E-state index in [1.807, 2.05) is 6.92 Å². The third-order valence-electron chi connectivity index (χ3n) is 2.31. The molecule has 1 atom stereocenters. The standard InChI is InChI=1S/C9H18N2O/c1-2-9(12)11-7-8-4-3-5-10-6-8/h8,10H,2-7H2,1H3,(H,11,12)/t8-/m0/s1. The van der Waals surface area contributed by atoms with Gasteiger partial charge in [-0.25, -0.2) is 0 Å². The van der Waals surface area contributed by atoms with E-state index < -0.39 is 0 Å². The van der Waals surface area contributed by atoms with Gasteiger partial charge in [-0.05, 0) is 31.8 Å². The number of rotatable bonds is 3. The Morgan fingerprint density at radius 3 is 3.08 bits per heavy atom. The van der Waals surface area contributed by atoms with Crippen molar-refractivity contribution in [2.24, 2.45) is 5.92 Å². The van der Waals surface area contributed by atoms with Crippen molar-refractivity contribution in [2.75, 3.05) is 19.6 Å². The minimum absolute atomic E-state index is 0.167. The quantitative estimate of drug-likeness (QED) is 0.648. The molecular weight excluding hydrogens is 152 g/mol. The Morgan fingerprint density at radius 2 is 2.50 bits per heavy atom. The fourth-order valence-corrected chi connectivity index (χ4v) is 1.48. The Balaban J connectivity index is 2.09. The second-order valence-corrected chi connectivity index (χ2v) is 3.37. The van der Waals surface area contributed by atoms with Crippen molar-refractivity contribution in [3.05, 3.63) is 0 Å². The van der Waals surface area contributed by atoms with E-state index in [1.54, 1.807) is 0 Å². The van der Waals surface area contributed by atoms with Crippen LogP contribution < -0.4 is 10.6 Å². The highest BCUT2D eigenvalue weighted by molar-refractivity contribution is 5.75. The topological polar surface area (TPSA) is 41.1 Å². The third kappa shape index (κ3) is 3.22. The zero-order chi connectivity index (χ0) is 8.81. The summed E-state index contributed by atoms with van der Waals surface area (Å²) in [5, 5.41) is 6.25. The van der Waals surface area contributed by atoms with Crippen LogP contribution in [0.25, 0.3) is 0 Å². The SMILES string of the molecule is CCC(=O)NC[C@H]1CCCNC1. The van der Waals surface area contributed by atoms with Crippen LogP contribution in [0, 0.1) is 5.92 Å². The van der Waals surface area contributed by atoms with Crippen LogP contribution in [0.4, 0.5) is 0 Å². The van der Waals surface area contributed by atoms with Gasteiger partial charge in [0, 0.05) is 13.0 Å². The normalized spacial score (nSPS) is 23.6. The van der Waals surface area contributed by atoms with Crippen molar-refractivity contribution in [3.63, 3.8) is 0 Å². The first-order valence-electron chi connectivity index (χ1n) is 4.80. The summed E-state index contributed by atoms with van der Waals surface area (Å²) in [5.41, 5.74) is 0. The zero-order valence-corrected chi connectivity index (χ0v) is 7.73. The molecule has 1 fully saturated rings. The molecule has 1 aliphatic rings. The number of carbonyl (C=O) groups excluding carboxylic acids is 1. The van der Waals surface area contributed by atoms with E-state index in [9.17, 15) is 4.79 Å². The first kappa shape index (κ1) is 9.52. The molecule has 0 aromatic heterocycles. The van der Waals surface area contributed by atoms with Crippen molar-refractivity contribution in [1.82, 2.24) is 10.6 Å². The van der Waals surface area contributed by atoms with Gasteiger partial charge in [0.2, 0.25) is 5.91 Å². The van der Waals surface area contributed by atoms with Gasteiger partial charge >= 0.3 is 0 Å². The molecule has 3 nitrogen and oxygen atoms in total. The fourth-order valence-electron chi connectivity index (χ4n) is 1.48. The first-order chi connectivity index (χ1) is 5.83. The minimum atomic E-state index is 0.167. The lowest BCUT2D eigenvalue weighted by Gasteiger charge is -2.22. The van der Waals surface area contributed by atoms with Crippen LogP contribution in [0.3, 0.4) is 0 Å². The largest absolute Gasteiger partial charge is 0.356 e. The highest BCUT2D eigenvalue weighted by Gasteiger charge is 2.12. The number of amides is 1. The maximum atomic E-state index is 10.9. The number of nitrogens with one attached hydrogen (secondary N) is 2. The van der Waals surface area contributed by atoms with Gasteiger partial charge in [0.1, 0.15) is 0 Å². The maximum absolute atomic E-state index is 10.9. The second kappa shape index (κ2) is 5.14. The molecule has 1 rings (SSSR count). The molecule has 1 amide bonds. The lowest BCUT2D eigenvalue weighted by molar-refractivity contribution is -0.120. The van der Waals surface area contributed by atoms with Gasteiger partial charge < -0.3 is 10.6 Å². The predicted octanol–water partition coefficient (Wildman–Crippen LogP) is 0.512. The molecule has 0 spiro atoms. The van der Waals surface area contributed by atoms with Crippen molar-refractivity contribution in [2.45, 2.75) is 26.2 Å². The number of piperidine rings is 1. The molecule has 12 heavy (non-hydrogen) atoms. The molecule has 3 heteroatoms. The molecule has 0 aliphatic carbocycles. The average molecular weight is 170 g/mol. The van der Waals surface area contributed by atoms with Crippen LogP contribution in [0.1, 0.15) is 26.2 Å². The Bertz CT molecular complexity index is 141. The Kier molecular flexibility index (Phi) is 4.08. The summed E-state index contributed by atoms with van der Waals surface area (Å²) in [7, 11) is 0. The average Bonchev–Trinajstić information content (AvgIpc) is 2.16. The molecule has 0 aromatic rings. The molecule has 0 radical (unpaired) electrons. The first-order valence-corrected chi connectivity index (χ1v) is 4.80.